The first-order chi connectivity index (χ1) is 10.7. The zero-order chi connectivity index (χ0) is 15.4. The number of piperazine rings is 1. The molecule has 2 N–H and O–H groups in total. The molecule has 6 heteroatoms. The van der Waals surface area contributed by atoms with Crippen LogP contribution < -0.4 is 15.5 Å². The molecule has 1 aliphatic rings. The van der Waals surface area contributed by atoms with Gasteiger partial charge < -0.3 is 15.5 Å². The Morgan fingerprint density at radius 2 is 1.95 bits per heavy atom. The Morgan fingerprint density at radius 1 is 1.23 bits per heavy atom. The standard InChI is InChI=1S/C16H20FN5/c1-12-15(17)11-20-16(21-12)19-10-13-2-4-14(5-3-13)22-8-6-18-7-9-22/h2-5,11,18H,6-10H2,1H3,(H,19,20,21). The summed E-state index contributed by atoms with van der Waals surface area (Å²) in [6, 6.07) is 8.47. The molecule has 0 atom stereocenters. The van der Waals surface area contributed by atoms with Crippen molar-refractivity contribution in [2.75, 3.05) is 36.4 Å². The molecule has 3 rings (SSSR count). The van der Waals surface area contributed by atoms with Crippen LogP contribution in [-0.2, 0) is 6.54 Å². The molecule has 1 fully saturated rings. The number of aromatic nitrogens is 2. The Labute approximate surface area is 129 Å². The molecule has 1 aromatic carbocycles. The van der Waals surface area contributed by atoms with Gasteiger partial charge in [-0.15, -0.1) is 0 Å². The van der Waals surface area contributed by atoms with Gasteiger partial charge in [-0.3, -0.25) is 0 Å². The molecule has 116 valence electrons. The summed E-state index contributed by atoms with van der Waals surface area (Å²) in [5.74, 6) is 0.0657. The van der Waals surface area contributed by atoms with Crippen LogP contribution in [0.2, 0.25) is 0 Å². The summed E-state index contributed by atoms with van der Waals surface area (Å²) in [5.41, 5.74) is 2.75. The second-order valence-electron chi connectivity index (χ2n) is 5.38. The minimum absolute atomic E-state index is 0.353. The second-order valence-corrected chi connectivity index (χ2v) is 5.38. The molecule has 22 heavy (non-hydrogen) atoms. The SMILES string of the molecule is Cc1nc(NCc2ccc(N3CCNCC3)cc2)ncc1F. The van der Waals surface area contributed by atoms with Crippen molar-refractivity contribution in [3.05, 3.63) is 47.5 Å². The molecule has 1 saturated heterocycles. The molecule has 0 radical (unpaired) electrons. The normalized spacial score (nSPS) is 14.9. The summed E-state index contributed by atoms with van der Waals surface area (Å²) in [6.45, 7) is 6.40. The third kappa shape index (κ3) is 3.51. The van der Waals surface area contributed by atoms with Crippen molar-refractivity contribution in [1.82, 2.24) is 15.3 Å². The number of halogens is 1. The minimum atomic E-state index is -0.383. The summed E-state index contributed by atoms with van der Waals surface area (Å²) < 4.78 is 13.1. The van der Waals surface area contributed by atoms with E-state index in [1.807, 2.05) is 0 Å². The van der Waals surface area contributed by atoms with E-state index in [-0.39, 0.29) is 5.82 Å². The smallest absolute Gasteiger partial charge is 0.223 e. The summed E-state index contributed by atoms with van der Waals surface area (Å²) in [5, 5.41) is 6.47. The molecule has 0 saturated carbocycles. The number of nitrogens with one attached hydrogen (secondary N) is 2. The van der Waals surface area contributed by atoms with Gasteiger partial charge in [-0.05, 0) is 24.6 Å². The average Bonchev–Trinajstić information content (AvgIpc) is 2.57. The van der Waals surface area contributed by atoms with Gasteiger partial charge in [-0.1, -0.05) is 12.1 Å². The summed E-state index contributed by atoms with van der Waals surface area (Å²) in [6.07, 6.45) is 1.19. The van der Waals surface area contributed by atoms with Crippen molar-refractivity contribution in [1.29, 1.82) is 0 Å². The zero-order valence-electron chi connectivity index (χ0n) is 12.6. The van der Waals surface area contributed by atoms with Crippen LogP contribution in [0.3, 0.4) is 0 Å². The Kier molecular flexibility index (Phi) is 4.48. The van der Waals surface area contributed by atoms with Gasteiger partial charge in [0.15, 0.2) is 5.82 Å². The predicted octanol–water partition coefficient (Wildman–Crippen LogP) is 1.95. The lowest BCUT2D eigenvalue weighted by molar-refractivity contribution is 0.589. The minimum Gasteiger partial charge on any atom is -0.369 e. The van der Waals surface area contributed by atoms with E-state index in [0.717, 1.165) is 31.7 Å². The quantitative estimate of drug-likeness (QED) is 0.904. The van der Waals surface area contributed by atoms with Crippen LogP contribution in [0.15, 0.2) is 30.5 Å². The first kappa shape index (κ1) is 14.7. The van der Waals surface area contributed by atoms with Gasteiger partial charge in [0.1, 0.15) is 0 Å². The van der Waals surface area contributed by atoms with E-state index in [1.54, 1.807) is 6.92 Å². The molecule has 5 nitrogen and oxygen atoms in total. The lowest BCUT2D eigenvalue weighted by atomic mass is 10.2. The molecule has 1 aliphatic heterocycles. The van der Waals surface area contributed by atoms with Crippen molar-refractivity contribution >= 4 is 11.6 Å². The van der Waals surface area contributed by atoms with Crippen molar-refractivity contribution in [2.45, 2.75) is 13.5 Å². The summed E-state index contributed by atoms with van der Waals surface area (Å²) in [7, 11) is 0. The van der Waals surface area contributed by atoms with Crippen molar-refractivity contribution in [2.24, 2.45) is 0 Å². The lowest BCUT2D eigenvalue weighted by Gasteiger charge is -2.29. The molecular formula is C16H20FN5. The topological polar surface area (TPSA) is 53.1 Å². The van der Waals surface area contributed by atoms with Crippen LogP contribution in [0.1, 0.15) is 11.3 Å². The maximum atomic E-state index is 13.1. The van der Waals surface area contributed by atoms with E-state index in [2.05, 4.69) is 49.8 Å². The fourth-order valence-electron chi connectivity index (χ4n) is 2.47. The molecule has 0 bridgehead atoms. The van der Waals surface area contributed by atoms with Gasteiger partial charge in [0.25, 0.3) is 0 Å². The van der Waals surface area contributed by atoms with Gasteiger partial charge in [0, 0.05) is 38.4 Å². The number of anilines is 2. The van der Waals surface area contributed by atoms with Gasteiger partial charge in [-0.2, -0.15) is 0 Å². The zero-order valence-corrected chi connectivity index (χ0v) is 12.6. The fraction of sp³-hybridized carbons (Fsp3) is 0.375. The van der Waals surface area contributed by atoms with Crippen molar-refractivity contribution in [3.63, 3.8) is 0 Å². The first-order valence-corrected chi connectivity index (χ1v) is 7.50. The number of hydrogen-bond donors (Lipinski definition) is 2. The molecule has 0 unspecified atom stereocenters. The van der Waals surface area contributed by atoms with Crippen LogP contribution in [0.25, 0.3) is 0 Å². The predicted molar refractivity (Wildman–Crippen MR) is 85.6 cm³/mol. The molecule has 2 heterocycles. The van der Waals surface area contributed by atoms with Crippen LogP contribution in [0.4, 0.5) is 16.0 Å². The molecule has 0 aliphatic carbocycles. The van der Waals surface area contributed by atoms with E-state index in [1.165, 1.54) is 11.9 Å². The first-order valence-electron chi connectivity index (χ1n) is 7.50. The van der Waals surface area contributed by atoms with Gasteiger partial charge in [-0.25, -0.2) is 14.4 Å². The molecule has 0 spiro atoms. The van der Waals surface area contributed by atoms with Gasteiger partial charge in [0.2, 0.25) is 5.95 Å². The van der Waals surface area contributed by atoms with E-state index in [0.29, 0.717) is 18.2 Å². The Hall–Kier alpha value is -2.21. The maximum Gasteiger partial charge on any atom is 0.223 e. The van der Waals surface area contributed by atoms with Crippen molar-refractivity contribution in [3.8, 4) is 0 Å². The monoisotopic (exact) mass is 301 g/mol. The van der Waals surface area contributed by atoms with E-state index in [9.17, 15) is 4.39 Å². The average molecular weight is 301 g/mol. The molecule has 1 aromatic heterocycles. The molecule has 2 aromatic rings. The van der Waals surface area contributed by atoms with Crippen LogP contribution in [0.5, 0.6) is 0 Å². The number of benzene rings is 1. The van der Waals surface area contributed by atoms with Crippen LogP contribution in [0, 0.1) is 12.7 Å². The Morgan fingerprint density at radius 3 is 2.64 bits per heavy atom. The highest BCUT2D eigenvalue weighted by Gasteiger charge is 2.10. The van der Waals surface area contributed by atoms with E-state index < -0.39 is 0 Å². The van der Waals surface area contributed by atoms with Gasteiger partial charge >= 0.3 is 0 Å². The number of nitrogens with zero attached hydrogens (tertiary/aromatic N) is 3. The highest BCUT2D eigenvalue weighted by molar-refractivity contribution is 5.48. The second kappa shape index (κ2) is 6.70. The highest BCUT2D eigenvalue weighted by Crippen LogP contribution is 2.16. The van der Waals surface area contributed by atoms with Crippen LogP contribution in [-0.4, -0.2) is 36.1 Å². The number of aryl methyl sites for hydroxylation is 1. The van der Waals surface area contributed by atoms with Crippen LogP contribution >= 0.6 is 0 Å². The Bertz CT molecular complexity index is 623. The maximum absolute atomic E-state index is 13.1. The van der Waals surface area contributed by atoms with E-state index in [4.69, 9.17) is 0 Å². The van der Waals surface area contributed by atoms with Gasteiger partial charge in [0.05, 0.1) is 11.9 Å². The molecule has 0 amide bonds. The summed E-state index contributed by atoms with van der Waals surface area (Å²) in [4.78, 5) is 10.4. The largest absolute Gasteiger partial charge is 0.369 e. The lowest BCUT2D eigenvalue weighted by Crippen LogP contribution is -2.43. The summed E-state index contributed by atoms with van der Waals surface area (Å²) >= 11 is 0. The number of hydrogen-bond acceptors (Lipinski definition) is 5. The van der Waals surface area contributed by atoms with Crippen molar-refractivity contribution < 1.29 is 4.39 Å². The highest BCUT2D eigenvalue weighted by atomic mass is 19.1. The fourth-order valence-corrected chi connectivity index (χ4v) is 2.47. The molecular weight excluding hydrogens is 281 g/mol. The third-order valence-electron chi connectivity index (χ3n) is 3.79. The Balaban J connectivity index is 1.59. The van der Waals surface area contributed by atoms with E-state index >= 15 is 0 Å². The number of rotatable bonds is 4. The third-order valence-corrected chi connectivity index (χ3v) is 3.79.